The van der Waals surface area contributed by atoms with Gasteiger partial charge in [-0.2, -0.15) is 0 Å². The molecule has 0 radical (unpaired) electrons. The quantitative estimate of drug-likeness (QED) is 0.815. The van der Waals surface area contributed by atoms with Crippen LogP contribution < -0.4 is 11.1 Å². The van der Waals surface area contributed by atoms with Crippen LogP contribution in [0.1, 0.15) is 27.7 Å². The van der Waals surface area contributed by atoms with Gasteiger partial charge in [0.1, 0.15) is 12.0 Å². The van der Waals surface area contributed by atoms with Gasteiger partial charge in [0.2, 0.25) is 0 Å². The smallest absolute Gasteiger partial charge is 0.157 e. The number of nitrogens with two attached hydrogens (primary N) is 1. The molecule has 3 N–H and O–H groups in total. The zero-order chi connectivity index (χ0) is 12.8. The van der Waals surface area contributed by atoms with E-state index in [2.05, 4.69) is 43.0 Å². The number of halogens is 1. The average Bonchev–Trinajstić information content (AvgIpc) is 2.61. The summed E-state index contributed by atoms with van der Waals surface area (Å²) in [5, 5.41) is 3.57. The molecule has 94 valence electrons. The third-order valence-corrected chi connectivity index (χ3v) is 4.93. The van der Waals surface area contributed by atoms with Gasteiger partial charge in [-0.15, -0.1) is 0 Å². The summed E-state index contributed by atoms with van der Waals surface area (Å²) < 4.78 is 0. The van der Waals surface area contributed by atoms with Crippen molar-refractivity contribution in [2.75, 3.05) is 17.6 Å². The highest BCUT2D eigenvalue weighted by atomic mass is 35.5. The Kier molecular flexibility index (Phi) is 2.73. The highest BCUT2D eigenvalue weighted by Gasteiger charge is 2.64. The second-order valence-corrected chi connectivity index (χ2v) is 6.16. The predicted molar refractivity (Wildman–Crippen MR) is 71.0 cm³/mol. The first-order chi connectivity index (χ1) is 7.78. The van der Waals surface area contributed by atoms with E-state index in [9.17, 15) is 0 Å². The van der Waals surface area contributed by atoms with Crippen molar-refractivity contribution in [2.45, 2.75) is 27.7 Å². The summed E-state index contributed by atoms with van der Waals surface area (Å²) in [6, 6.07) is 0. The third-order valence-electron chi connectivity index (χ3n) is 4.63. The lowest BCUT2D eigenvalue weighted by Crippen LogP contribution is -2.11. The molecular weight excluding hydrogens is 236 g/mol. The summed E-state index contributed by atoms with van der Waals surface area (Å²) in [6.45, 7) is 10.0. The van der Waals surface area contributed by atoms with Crippen LogP contribution >= 0.6 is 11.6 Å². The van der Waals surface area contributed by atoms with Crippen molar-refractivity contribution in [1.29, 1.82) is 0 Å². The minimum atomic E-state index is 0.303. The second-order valence-electron chi connectivity index (χ2n) is 5.80. The molecule has 0 atom stereocenters. The van der Waals surface area contributed by atoms with Crippen LogP contribution in [-0.4, -0.2) is 16.5 Å². The van der Waals surface area contributed by atoms with Crippen LogP contribution in [0.5, 0.6) is 0 Å². The van der Waals surface area contributed by atoms with E-state index in [0.717, 1.165) is 6.54 Å². The summed E-state index contributed by atoms with van der Waals surface area (Å²) in [6.07, 6.45) is 1.42. The van der Waals surface area contributed by atoms with Gasteiger partial charge in [0.05, 0.1) is 0 Å². The summed E-state index contributed by atoms with van der Waals surface area (Å²) in [7, 11) is 0. The highest BCUT2D eigenvalue weighted by molar-refractivity contribution is 6.32. The lowest BCUT2D eigenvalue weighted by atomic mass is 10.0. The van der Waals surface area contributed by atoms with Crippen LogP contribution in [0.25, 0.3) is 0 Å². The van der Waals surface area contributed by atoms with E-state index in [-0.39, 0.29) is 0 Å². The number of nitrogens with one attached hydrogen (secondary N) is 1. The van der Waals surface area contributed by atoms with E-state index in [1.54, 1.807) is 0 Å². The molecule has 1 aromatic rings. The summed E-state index contributed by atoms with van der Waals surface area (Å²) >= 11 is 5.84. The van der Waals surface area contributed by atoms with Gasteiger partial charge in [-0.05, 0) is 16.7 Å². The molecule has 0 unspecified atom stereocenters. The van der Waals surface area contributed by atoms with Crippen LogP contribution in [0.4, 0.5) is 11.5 Å². The monoisotopic (exact) mass is 254 g/mol. The van der Waals surface area contributed by atoms with E-state index in [1.807, 2.05) is 0 Å². The van der Waals surface area contributed by atoms with Crippen LogP contribution in [0.2, 0.25) is 5.15 Å². The third kappa shape index (κ3) is 1.84. The summed E-state index contributed by atoms with van der Waals surface area (Å²) in [5.74, 6) is 1.24. The number of hydrogen-bond acceptors (Lipinski definition) is 4. The Balaban J connectivity index is 2.03. The molecule has 0 spiro atoms. The molecular formula is C12H19ClN4. The largest absolute Gasteiger partial charge is 0.393 e. The van der Waals surface area contributed by atoms with Crippen molar-refractivity contribution in [3.63, 3.8) is 0 Å². The fourth-order valence-corrected chi connectivity index (χ4v) is 2.69. The van der Waals surface area contributed by atoms with E-state index in [1.165, 1.54) is 6.33 Å². The normalized spacial score (nSPS) is 21.2. The van der Waals surface area contributed by atoms with E-state index in [0.29, 0.717) is 33.4 Å². The Morgan fingerprint density at radius 1 is 1.29 bits per heavy atom. The van der Waals surface area contributed by atoms with Crippen molar-refractivity contribution in [1.82, 2.24) is 9.97 Å². The molecule has 1 aromatic heterocycles. The first kappa shape index (κ1) is 12.4. The molecule has 5 heteroatoms. The van der Waals surface area contributed by atoms with Crippen molar-refractivity contribution >= 4 is 23.1 Å². The molecule has 1 heterocycles. The molecule has 2 rings (SSSR count). The number of nitrogen functional groups attached to an aromatic ring is 1. The molecule has 0 bridgehead atoms. The Labute approximate surface area is 107 Å². The van der Waals surface area contributed by atoms with Gasteiger partial charge in [-0.1, -0.05) is 39.3 Å². The summed E-state index contributed by atoms with van der Waals surface area (Å²) in [5.41, 5.74) is 6.93. The molecule has 1 aliphatic carbocycles. The maximum Gasteiger partial charge on any atom is 0.157 e. The van der Waals surface area contributed by atoms with E-state index in [4.69, 9.17) is 17.3 Å². The Morgan fingerprint density at radius 3 is 2.41 bits per heavy atom. The number of hydrogen-bond donors (Lipinski definition) is 2. The van der Waals surface area contributed by atoms with Gasteiger partial charge in [-0.3, -0.25) is 0 Å². The van der Waals surface area contributed by atoms with Crippen molar-refractivity contribution in [3.05, 3.63) is 11.5 Å². The maximum absolute atomic E-state index is 5.84. The van der Waals surface area contributed by atoms with Crippen LogP contribution in [0, 0.1) is 16.7 Å². The SMILES string of the molecule is CC1(C)C(CNc2ncnc(Cl)c2N)C1(C)C. The van der Waals surface area contributed by atoms with Crippen LogP contribution in [0.15, 0.2) is 6.33 Å². The number of rotatable bonds is 3. The van der Waals surface area contributed by atoms with Gasteiger partial charge in [0, 0.05) is 6.54 Å². The fourth-order valence-electron chi connectivity index (χ4n) is 2.56. The first-order valence-electron chi connectivity index (χ1n) is 5.78. The molecule has 1 saturated carbocycles. The van der Waals surface area contributed by atoms with Gasteiger partial charge >= 0.3 is 0 Å². The maximum atomic E-state index is 5.84. The number of nitrogens with zero attached hydrogens (tertiary/aromatic N) is 2. The van der Waals surface area contributed by atoms with E-state index < -0.39 is 0 Å². The van der Waals surface area contributed by atoms with Gasteiger partial charge in [0.25, 0.3) is 0 Å². The minimum absolute atomic E-state index is 0.303. The molecule has 0 saturated heterocycles. The number of aromatic nitrogens is 2. The van der Waals surface area contributed by atoms with Gasteiger partial charge in [-0.25, -0.2) is 9.97 Å². The second kappa shape index (κ2) is 3.73. The van der Waals surface area contributed by atoms with E-state index >= 15 is 0 Å². The van der Waals surface area contributed by atoms with Gasteiger partial charge in [0.15, 0.2) is 11.0 Å². The van der Waals surface area contributed by atoms with Gasteiger partial charge < -0.3 is 11.1 Å². The minimum Gasteiger partial charge on any atom is -0.393 e. The molecule has 0 aliphatic heterocycles. The zero-order valence-corrected chi connectivity index (χ0v) is 11.5. The first-order valence-corrected chi connectivity index (χ1v) is 6.16. The van der Waals surface area contributed by atoms with Crippen molar-refractivity contribution in [2.24, 2.45) is 16.7 Å². The predicted octanol–water partition coefficient (Wildman–Crippen LogP) is 2.81. The number of anilines is 2. The lowest BCUT2D eigenvalue weighted by molar-refractivity contribution is 0.457. The Bertz CT molecular complexity index is 428. The molecule has 4 nitrogen and oxygen atoms in total. The topological polar surface area (TPSA) is 63.8 Å². The average molecular weight is 255 g/mol. The van der Waals surface area contributed by atoms with Crippen molar-refractivity contribution < 1.29 is 0 Å². The molecule has 0 amide bonds. The fraction of sp³-hybridized carbons (Fsp3) is 0.667. The zero-order valence-electron chi connectivity index (χ0n) is 10.7. The summed E-state index contributed by atoms with van der Waals surface area (Å²) in [4.78, 5) is 7.93. The standard InChI is InChI=1S/C12H19ClN4/c1-11(2)7(12(11,3)4)5-15-10-8(14)9(13)16-6-17-10/h6-7H,5,14H2,1-4H3,(H,15,16,17). The Hall–Kier alpha value is -1.03. The molecule has 1 aliphatic rings. The van der Waals surface area contributed by atoms with Crippen molar-refractivity contribution in [3.8, 4) is 0 Å². The molecule has 17 heavy (non-hydrogen) atoms. The highest BCUT2D eigenvalue weighted by Crippen LogP contribution is 2.68. The van der Waals surface area contributed by atoms with Crippen LogP contribution in [-0.2, 0) is 0 Å². The Morgan fingerprint density at radius 2 is 1.88 bits per heavy atom. The lowest BCUT2D eigenvalue weighted by Gasteiger charge is -2.09. The van der Waals surface area contributed by atoms with Crippen LogP contribution in [0.3, 0.4) is 0 Å². The molecule has 1 fully saturated rings. The molecule has 0 aromatic carbocycles.